The van der Waals surface area contributed by atoms with Gasteiger partial charge in [0.05, 0.1) is 11.1 Å². The third kappa shape index (κ3) is 5.18. The molecule has 0 amide bonds. The van der Waals surface area contributed by atoms with Gasteiger partial charge in [-0.05, 0) is 61.4 Å². The maximum Gasteiger partial charge on any atom is 0.153 e. The van der Waals surface area contributed by atoms with Crippen molar-refractivity contribution >= 4 is 28.9 Å². The van der Waals surface area contributed by atoms with Gasteiger partial charge in [-0.25, -0.2) is 0 Å². The van der Waals surface area contributed by atoms with Gasteiger partial charge in [0, 0.05) is 39.3 Å². The van der Waals surface area contributed by atoms with E-state index in [1.165, 1.54) is 18.9 Å². The van der Waals surface area contributed by atoms with Crippen molar-refractivity contribution in [2.24, 2.45) is 0 Å². The summed E-state index contributed by atoms with van der Waals surface area (Å²) >= 11 is 6.10. The Balaban J connectivity index is 1.49. The number of hydrogen-bond donors (Lipinski definition) is 2. The first kappa shape index (κ1) is 22.6. The van der Waals surface area contributed by atoms with Gasteiger partial charge in [0.25, 0.3) is 0 Å². The molecule has 1 heterocycles. The number of benzene rings is 3. The lowest BCUT2D eigenvalue weighted by atomic mass is 10.0. The molecular weight excluding hydrogens is 462 g/mol. The van der Waals surface area contributed by atoms with Gasteiger partial charge in [-0.3, -0.25) is 4.79 Å². The number of phenols is 1. The third-order valence-corrected chi connectivity index (χ3v) is 5.87. The van der Waals surface area contributed by atoms with Crippen molar-refractivity contribution < 1.29 is 19.1 Å². The highest BCUT2D eigenvalue weighted by atomic mass is 35.5. The summed E-state index contributed by atoms with van der Waals surface area (Å²) in [6.45, 7) is 4.40. The Labute approximate surface area is 208 Å². The van der Waals surface area contributed by atoms with Crippen molar-refractivity contribution in [2.75, 3.05) is 6.61 Å². The number of rotatable bonds is 7. The second-order valence-corrected chi connectivity index (χ2v) is 8.86. The number of ether oxygens (including phenoxy) is 1. The van der Waals surface area contributed by atoms with Gasteiger partial charge in [0.2, 0.25) is 0 Å². The monoisotopic (exact) mass is 483 g/mol. The Hall–Kier alpha value is -4.14. The normalized spacial score (nSPS) is 12.6. The van der Waals surface area contributed by atoms with Crippen LogP contribution in [0, 0.1) is 11.8 Å². The number of hydrogen-bond acceptors (Lipinski definition) is 5. The van der Waals surface area contributed by atoms with Crippen LogP contribution < -0.4 is 10.1 Å². The van der Waals surface area contributed by atoms with Gasteiger partial charge in [0.1, 0.15) is 23.7 Å². The Morgan fingerprint density at radius 2 is 1.97 bits per heavy atom. The van der Waals surface area contributed by atoms with Crippen LogP contribution in [0.4, 0.5) is 0 Å². The second kappa shape index (κ2) is 9.61. The molecule has 1 aromatic heterocycles. The zero-order valence-corrected chi connectivity index (χ0v) is 19.6. The molecule has 0 unspecified atom stereocenters. The minimum atomic E-state index is -0.147. The molecule has 0 atom stereocenters. The lowest BCUT2D eigenvalue weighted by Gasteiger charge is -2.10. The summed E-state index contributed by atoms with van der Waals surface area (Å²) in [6, 6.07) is 18.3. The van der Waals surface area contributed by atoms with Gasteiger partial charge in [0.15, 0.2) is 12.0 Å². The number of furan rings is 1. The van der Waals surface area contributed by atoms with Gasteiger partial charge in [-0.15, -0.1) is 0 Å². The van der Waals surface area contributed by atoms with E-state index in [0.717, 1.165) is 16.8 Å². The topological polar surface area (TPSA) is 71.7 Å². The number of fused-ring (bicyclic) bond motifs is 1. The standard InChI is InChI=1S/C29H22ClNO4/c1-18(31-23-8-9-23)17-34-24-10-6-20(7-11-24)29-25(12-5-19-3-2-4-22(30)13-19)26-14-21(16-32)27(33)15-28(26)35-29/h2-4,6-7,10-11,13-16,23,31,33H,1,8-9,17H2. The van der Waals surface area contributed by atoms with E-state index in [0.29, 0.717) is 52.0 Å². The number of phenolic OH excluding ortho intramolecular Hbond substituents is 1. The molecule has 0 aliphatic heterocycles. The minimum absolute atomic E-state index is 0.147. The smallest absolute Gasteiger partial charge is 0.153 e. The number of carbonyl (C=O) groups excluding carboxylic acids is 1. The first-order valence-electron chi connectivity index (χ1n) is 11.2. The van der Waals surface area contributed by atoms with Crippen molar-refractivity contribution in [2.45, 2.75) is 18.9 Å². The van der Waals surface area contributed by atoms with Crippen molar-refractivity contribution in [3.63, 3.8) is 0 Å². The quantitative estimate of drug-likeness (QED) is 0.238. The van der Waals surface area contributed by atoms with E-state index in [1.807, 2.05) is 36.4 Å². The molecule has 1 aliphatic rings. The largest absolute Gasteiger partial charge is 0.507 e. The van der Waals surface area contributed by atoms with E-state index in [9.17, 15) is 9.90 Å². The van der Waals surface area contributed by atoms with Crippen LogP contribution in [0.2, 0.25) is 5.02 Å². The number of halogens is 1. The summed E-state index contributed by atoms with van der Waals surface area (Å²) in [7, 11) is 0. The Morgan fingerprint density at radius 3 is 2.69 bits per heavy atom. The van der Waals surface area contributed by atoms with Crippen LogP contribution >= 0.6 is 11.6 Å². The zero-order valence-electron chi connectivity index (χ0n) is 18.8. The van der Waals surface area contributed by atoms with E-state index in [-0.39, 0.29) is 11.3 Å². The van der Waals surface area contributed by atoms with Crippen LogP contribution in [0.15, 0.2) is 77.4 Å². The third-order valence-electron chi connectivity index (χ3n) is 5.64. The summed E-state index contributed by atoms with van der Waals surface area (Å²) in [5.74, 6) is 7.39. The highest BCUT2D eigenvalue weighted by Gasteiger charge is 2.21. The van der Waals surface area contributed by atoms with Crippen LogP contribution in [-0.2, 0) is 0 Å². The fourth-order valence-corrected chi connectivity index (χ4v) is 3.89. The molecule has 0 spiro atoms. The molecule has 4 aromatic rings. The summed E-state index contributed by atoms with van der Waals surface area (Å²) < 4.78 is 11.9. The number of carbonyl (C=O) groups is 1. The van der Waals surface area contributed by atoms with E-state index >= 15 is 0 Å². The SMILES string of the molecule is C=C(COc1ccc(-c2oc3cc(O)c(C=O)cc3c2C#Cc2cccc(Cl)c2)cc1)NC1CC1. The summed E-state index contributed by atoms with van der Waals surface area (Å²) in [5.41, 5.74) is 3.60. The van der Waals surface area contributed by atoms with Crippen LogP contribution in [-0.4, -0.2) is 24.0 Å². The lowest BCUT2D eigenvalue weighted by molar-refractivity contribution is 0.112. The van der Waals surface area contributed by atoms with Crippen LogP contribution in [0.5, 0.6) is 11.5 Å². The first-order chi connectivity index (χ1) is 17.0. The molecule has 0 bridgehead atoms. The number of aromatic hydroxyl groups is 1. The van der Waals surface area contributed by atoms with Gasteiger partial charge < -0.3 is 19.6 Å². The van der Waals surface area contributed by atoms with Crippen LogP contribution in [0.1, 0.15) is 34.3 Å². The molecule has 1 fully saturated rings. The molecule has 2 N–H and O–H groups in total. The van der Waals surface area contributed by atoms with Crippen molar-refractivity contribution in [1.82, 2.24) is 5.32 Å². The Kier molecular flexibility index (Phi) is 6.22. The first-order valence-corrected chi connectivity index (χ1v) is 11.6. The summed E-state index contributed by atoms with van der Waals surface area (Å²) in [5, 5.41) is 14.7. The summed E-state index contributed by atoms with van der Waals surface area (Å²) in [6.07, 6.45) is 2.97. The fourth-order valence-electron chi connectivity index (χ4n) is 3.70. The van der Waals surface area contributed by atoms with Gasteiger partial charge in [-0.2, -0.15) is 0 Å². The predicted octanol–water partition coefficient (Wildman–Crippen LogP) is 6.32. The lowest BCUT2D eigenvalue weighted by Crippen LogP contribution is -2.19. The molecule has 5 rings (SSSR count). The molecule has 174 valence electrons. The minimum Gasteiger partial charge on any atom is -0.507 e. The molecule has 1 aliphatic carbocycles. The van der Waals surface area contributed by atoms with E-state index < -0.39 is 0 Å². The highest BCUT2D eigenvalue weighted by Crippen LogP contribution is 2.36. The van der Waals surface area contributed by atoms with Gasteiger partial charge in [-0.1, -0.05) is 36.1 Å². The van der Waals surface area contributed by atoms with Crippen molar-refractivity contribution in [3.05, 3.63) is 94.7 Å². The van der Waals surface area contributed by atoms with Crippen molar-refractivity contribution in [1.29, 1.82) is 0 Å². The maximum absolute atomic E-state index is 11.4. The highest BCUT2D eigenvalue weighted by molar-refractivity contribution is 6.30. The van der Waals surface area contributed by atoms with Gasteiger partial charge >= 0.3 is 0 Å². The maximum atomic E-state index is 11.4. The molecule has 5 nitrogen and oxygen atoms in total. The Bertz CT molecular complexity index is 1490. The zero-order chi connectivity index (χ0) is 24.4. The fraction of sp³-hybridized carbons (Fsp3) is 0.138. The molecule has 0 radical (unpaired) electrons. The molecule has 0 saturated heterocycles. The molecule has 35 heavy (non-hydrogen) atoms. The van der Waals surface area contributed by atoms with E-state index in [4.69, 9.17) is 20.8 Å². The van der Waals surface area contributed by atoms with E-state index in [1.54, 1.807) is 18.2 Å². The molecule has 3 aromatic carbocycles. The van der Waals surface area contributed by atoms with Crippen LogP contribution in [0.25, 0.3) is 22.3 Å². The number of aldehydes is 1. The predicted molar refractivity (Wildman–Crippen MR) is 137 cm³/mol. The number of nitrogens with one attached hydrogen (secondary N) is 1. The van der Waals surface area contributed by atoms with Crippen molar-refractivity contribution in [3.8, 4) is 34.7 Å². The average molecular weight is 484 g/mol. The van der Waals surface area contributed by atoms with E-state index in [2.05, 4.69) is 23.7 Å². The second-order valence-electron chi connectivity index (χ2n) is 8.43. The molecular formula is C29H22ClNO4. The van der Waals surface area contributed by atoms with Crippen LogP contribution in [0.3, 0.4) is 0 Å². The average Bonchev–Trinajstić information content (AvgIpc) is 3.60. The molecule has 6 heteroatoms. The molecule has 1 saturated carbocycles. The summed E-state index contributed by atoms with van der Waals surface area (Å²) in [4.78, 5) is 11.4. The Morgan fingerprint density at radius 1 is 1.17 bits per heavy atom.